The summed E-state index contributed by atoms with van der Waals surface area (Å²) in [7, 11) is 3.68. The summed E-state index contributed by atoms with van der Waals surface area (Å²) in [6.07, 6.45) is 7.13. The standard InChI is InChI=1S/C16H26N2O2S.C7H10O4.C7H8.CH4/c1-17-11-6-12-18(20-14-7-3-4-8-14)21-16-10-5-9-15(13-16)19-2;8-4-11-6-3-10-7-5(6)1-2-9-7;1-7-5-3-2-4-6-7;/h5,9-10,13-14,17H,3-4,6-8,11-12H2,1-2H3;4-7H,1-3H2;2-6H,1H3;1H4/t;5-,6-,7+;;/m.0../s1. The van der Waals surface area contributed by atoms with Gasteiger partial charge in [-0.2, -0.15) is 0 Å². The van der Waals surface area contributed by atoms with Crippen LogP contribution >= 0.6 is 11.9 Å². The number of carbonyl (C=O) groups excluding carboxylic acids is 1. The molecular weight excluding hydrogens is 528 g/mol. The molecule has 5 rings (SSSR count). The van der Waals surface area contributed by atoms with E-state index in [1.54, 1.807) is 19.1 Å². The summed E-state index contributed by atoms with van der Waals surface area (Å²) in [5.41, 5.74) is 1.32. The minimum absolute atomic E-state index is 0. The molecule has 1 aliphatic carbocycles. The van der Waals surface area contributed by atoms with Gasteiger partial charge in [-0.05, 0) is 76.3 Å². The number of ether oxygens (including phenoxy) is 4. The van der Waals surface area contributed by atoms with Crippen molar-refractivity contribution in [2.75, 3.05) is 40.5 Å². The average Bonchev–Trinajstić information content (AvgIpc) is 3.71. The molecule has 3 atom stereocenters. The van der Waals surface area contributed by atoms with E-state index >= 15 is 0 Å². The normalized spacial score (nSPS) is 21.4. The Hall–Kier alpha value is -2.14. The van der Waals surface area contributed by atoms with E-state index in [1.807, 2.05) is 47.9 Å². The van der Waals surface area contributed by atoms with Crippen molar-refractivity contribution < 1.29 is 28.6 Å². The van der Waals surface area contributed by atoms with Gasteiger partial charge < -0.3 is 24.3 Å². The van der Waals surface area contributed by atoms with E-state index in [2.05, 4.69) is 30.4 Å². The van der Waals surface area contributed by atoms with Gasteiger partial charge in [0.05, 0.1) is 32.3 Å². The Morgan fingerprint density at radius 2 is 1.85 bits per heavy atom. The highest BCUT2D eigenvalue weighted by Crippen LogP contribution is 2.32. The topological polar surface area (TPSA) is 78.5 Å². The zero-order chi connectivity index (χ0) is 27.7. The fourth-order valence-corrected chi connectivity index (χ4v) is 5.54. The molecule has 0 unspecified atom stereocenters. The molecule has 3 fully saturated rings. The van der Waals surface area contributed by atoms with Gasteiger partial charge in [-0.15, -0.1) is 4.47 Å². The molecule has 1 saturated carbocycles. The summed E-state index contributed by atoms with van der Waals surface area (Å²) in [5, 5.41) is 3.19. The molecule has 0 radical (unpaired) electrons. The fourth-order valence-electron chi connectivity index (χ4n) is 4.61. The second-order valence-electron chi connectivity index (χ2n) is 9.75. The number of methoxy groups -OCH3 is 1. The quantitative estimate of drug-likeness (QED) is 0.149. The zero-order valence-electron chi connectivity index (χ0n) is 23.5. The molecule has 0 aromatic heterocycles. The maximum Gasteiger partial charge on any atom is 0.293 e. The highest BCUT2D eigenvalue weighted by atomic mass is 32.2. The van der Waals surface area contributed by atoms with Crippen LogP contribution in [0.5, 0.6) is 5.75 Å². The molecule has 2 aromatic rings. The van der Waals surface area contributed by atoms with E-state index in [9.17, 15) is 4.79 Å². The van der Waals surface area contributed by atoms with Crippen molar-refractivity contribution in [3.8, 4) is 5.75 Å². The first-order valence-corrected chi connectivity index (χ1v) is 14.6. The minimum Gasteiger partial charge on any atom is -0.497 e. The molecule has 40 heavy (non-hydrogen) atoms. The van der Waals surface area contributed by atoms with E-state index in [0.29, 0.717) is 25.8 Å². The Kier molecular flexibility index (Phi) is 16.9. The summed E-state index contributed by atoms with van der Waals surface area (Å²) in [6, 6.07) is 18.4. The first-order valence-electron chi connectivity index (χ1n) is 13.9. The van der Waals surface area contributed by atoms with Crippen LogP contribution in [0.25, 0.3) is 0 Å². The number of fused-ring (bicyclic) bond motifs is 1. The SMILES string of the molecule is C.CNCCCN(OC1CCCC1)Sc1cccc(OC)c1.Cc1ccccc1.O=CO[C@H]1CO[C@H]2OCC[C@H]21. The van der Waals surface area contributed by atoms with E-state index in [-0.39, 0.29) is 25.7 Å². The minimum atomic E-state index is -0.125. The van der Waals surface area contributed by atoms with Gasteiger partial charge >= 0.3 is 0 Å². The molecule has 2 aromatic carbocycles. The number of nitrogens with one attached hydrogen (secondary N) is 1. The lowest BCUT2D eigenvalue weighted by Crippen LogP contribution is -2.25. The predicted molar refractivity (Wildman–Crippen MR) is 160 cm³/mol. The molecule has 224 valence electrons. The summed E-state index contributed by atoms with van der Waals surface area (Å²) in [6.45, 7) is 5.68. The number of carbonyl (C=O) groups is 1. The van der Waals surface area contributed by atoms with Crippen LogP contribution in [0.1, 0.15) is 51.5 Å². The Morgan fingerprint density at radius 3 is 2.50 bits per heavy atom. The van der Waals surface area contributed by atoms with Crippen LogP contribution in [-0.2, 0) is 23.8 Å². The lowest BCUT2D eigenvalue weighted by Gasteiger charge is -2.24. The Morgan fingerprint density at radius 1 is 1.07 bits per heavy atom. The van der Waals surface area contributed by atoms with Crippen LogP contribution in [-0.4, -0.2) is 69.9 Å². The second kappa shape index (κ2) is 19.9. The molecule has 9 heteroatoms. The van der Waals surface area contributed by atoms with Crippen molar-refractivity contribution in [1.29, 1.82) is 0 Å². The van der Waals surface area contributed by atoms with Gasteiger partial charge in [0, 0.05) is 11.4 Å². The monoisotopic (exact) mass is 576 g/mol. The molecule has 0 bridgehead atoms. The number of nitrogens with zero attached hydrogens (tertiary/aromatic N) is 1. The van der Waals surface area contributed by atoms with Gasteiger partial charge in [-0.3, -0.25) is 9.63 Å². The molecule has 2 saturated heterocycles. The Balaban J connectivity index is 0.000000244. The summed E-state index contributed by atoms with van der Waals surface area (Å²) >= 11 is 1.66. The summed E-state index contributed by atoms with van der Waals surface area (Å²) in [4.78, 5) is 17.3. The van der Waals surface area contributed by atoms with E-state index in [1.165, 1.54) is 31.2 Å². The number of aryl methyl sites for hydroxylation is 1. The number of hydrogen-bond donors (Lipinski definition) is 1. The molecule has 0 amide bonds. The number of benzene rings is 2. The third-order valence-corrected chi connectivity index (χ3v) is 7.68. The highest BCUT2D eigenvalue weighted by molar-refractivity contribution is 7.96. The molecule has 2 heterocycles. The van der Waals surface area contributed by atoms with Crippen LogP contribution in [0.4, 0.5) is 0 Å². The number of rotatable bonds is 11. The van der Waals surface area contributed by atoms with Crippen LogP contribution in [0.2, 0.25) is 0 Å². The molecule has 1 N–H and O–H groups in total. The average molecular weight is 577 g/mol. The van der Waals surface area contributed by atoms with Crippen LogP contribution in [0.3, 0.4) is 0 Å². The van der Waals surface area contributed by atoms with Crippen LogP contribution < -0.4 is 10.1 Å². The number of hydroxylamine groups is 1. The van der Waals surface area contributed by atoms with Crippen molar-refractivity contribution in [2.45, 2.75) is 76.3 Å². The fraction of sp³-hybridized carbons (Fsp3) is 0.581. The summed E-state index contributed by atoms with van der Waals surface area (Å²) in [5.74, 6) is 1.15. The smallest absolute Gasteiger partial charge is 0.293 e. The first kappa shape index (κ1) is 34.1. The van der Waals surface area contributed by atoms with Crippen molar-refractivity contribution in [3.05, 3.63) is 60.2 Å². The highest BCUT2D eigenvalue weighted by Gasteiger charge is 2.42. The third-order valence-electron chi connectivity index (χ3n) is 6.74. The molecular formula is C31H48N2O6S. The third kappa shape index (κ3) is 12.2. The largest absolute Gasteiger partial charge is 0.497 e. The molecule has 8 nitrogen and oxygen atoms in total. The Bertz CT molecular complexity index is 931. The summed E-state index contributed by atoms with van der Waals surface area (Å²) < 4.78 is 22.6. The number of hydrogen-bond acceptors (Lipinski definition) is 9. The molecule has 3 aliphatic rings. The molecule has 2 aliphatic heterocycles. The lowest BCUT2D eigenvalue weighted by atomic mass is 10.0. The van der Waals surface area contributed by atoms with Crippen molar-refractivity contribution in [1.82, 2.24) is 9.79 Å². The van der Waals surface area contributed by atoms with E-state index in [0.717, 1.165) is 36.6 Å². The molecule has 0 spiro atoms. The van der Waals surface area contributed by atoms with Crippen molar-refractivity contribution in [3.63, 3.8) is 0 Å². The van der Waals surface area contributed by atoms with Crippen LogP contribution in [0, 0.1) is 12.8 Å². The van der Waals surface area contributed by atoms with E-state index < -0.39 is 0 Å². The lowest BCUT2D eigenvalue weighted by molar-refractivity contribution is -0.135. The Labute approximate surface area is 245 Å². The van der Waals surface area contributed by atoms with Gasteiger partial charge in [0.25, 0.3) is 6.47 Å². The van der Waals surface area contributed by atoms with Crippen molar-refractivity contribution >= 4 is 18.4 Å². The maximum atomic E-state index is 10.0. The van der Waals surface area contributed by atoms with Gasteiger partial charge in [0.1, 0.15) is 11.9 Å². The van der Waals surface area contributed by atoms with Gasteiger partial charge in [0.2, 0.25) is 0 Å². The van der Waals surface area contributed by atoms with E-state index in [4.69, 9.17) is 23.8 Å². The van der Waals surface area contributed by atoms with Gasteiger partial charge in [-0.25, -0.2) is 0 Å². The second-order valence-corrected chi connectivity index (χ2v) is 10.8. The van der Waals surface area contributed by atoms with Crippen LogP contribution in [0.15, 0.2) is 59.5 Å². The maximum absolute atomic E-state index is 10.0. The van der Waals surface area contributed by atoms with Gasteiger partial charge in [0.15, 0.2) is 6.29 Å². The zero-order valence-corrected chi connectivity index (χ0v) is 24.3. The van der Waals surface area contributed by atoms with Crippen molar-refractivity contribution in [2.24, 2.45) is 5.92 Å². The van der Waals surface area contributed by atoms with Gasteiger partial charge in [-0.1, -0.05) is 62.2 Å². The first-order chi connectivity index (χ1) is 19.1. The predicted octanol–water partition coefficient (Wildman–Crippen LogP) is 6.04.